The molecule has 86 valence electrons. The summed E-state index contributed by atoms with van der Waals surface area (Å²) >= 11 is 0. The third kappa shape index (κ3) is 5.57. The van der Waals surface area contributed by atoms with Crippen LogP contribution in [-0.4, -0.2) is 43.7 Å². The second-order valence-corrected chi connectivity index (χ2v) is 4.01. The van der Waals surface area contributed by atoms with Crippen molar-refractivity contribution in [1.29, 1.82) is 0 Å². The fourth-order valence-corrected chi connectivity index (χ4v) is 1.60. The molecule has 4 heteroatoms. The summed E-state index contributed by atoms with van der Waals surface area (Å²) in [6.07, 6.45) is 5.80. The molecule has 1 aliphatic heterocycles. The molecule has 1 atom stereocenters. The zero-order valence-corrected chi connectivity index (χ0v) is 9.45. The molecule has 0 radical (unpaired) electrons. The molecule has 4 nitrogen and oxygen atoms in total. The highest BCUT2D eigenvalue weighted by Crippen LogP contribution is 1.95. The van der Waals surface area contributed by atoms with E-state index in [4.69, 9.17) is 11.5 Å². The molecule has 1 rings (SSSR count). The third-order valence-electron chi connectivity index (χ3n) is 2.40. The molecule has 0 bridgehead atoms. The number of hydrogen-bond donors (Lipinski definition) is 3. The first-order valence-corrected chi connectivity index (χ1v) is 5.47. The summed E-state index contributed by atoms with van der Waals surface area (Å²) in [7, 11) is 0. The summed E-state index contributed by atoms with van der Waals surface area (Å²) in [4.78, 5) is 2.38. The molecule has 0 aromatic heterocycles. The highest BCUT2D eigenvalue weighted by Gasteiger charge is 2.10. The second kappa shape index (κ2) is 6.61. The first kappa shape index (κ1) is 12.2. The summed E-state index contributed by atoms with van der Waals surface area (Å²) < 4.78 is 0. The van der Waals surface area contributed by atoms with Gasteiger partial charge in [0, 0.05) is 44.5 Å². The van der Waals surface area contributed by atoms with Crippen molar-refractivity contribution in [3.8, 4) is 0 Å². The van der Waals surface area contributed by atoms with Crippen molar-refractivity contribution in [1.82, 2.24) is 10.2 Å². The van der Waals surface area contributed by atoms with Crippen LogP contribution in [0.5, 0.6) is 0 Å². The Bertz CT molecular complexity index is 225. The monoisotopic (exact) mass is 210 g/mol. The first-order valence-electron chi connectivity index (χ1n) is 5.47. The quantitative estimate of drug-likeness (QED) is 0.554. The first-order chi connectivity index (χ1) is 7.18. The Balaban J connectivity index is 2.25. The maximum Gasteiger partial charge on any atom is 0.0356 e. The third-order valence-corrected chi connectivity index (χ3v) is 2.40. The molecule has 1 saturated heterocycles. The average molecular weight is 210 g/mol. The van der Waals surface area contributed by atoms with Crippen LogP contribution in [0.15, 0.2) is 23.9 Å². The summed E-state index contributed by atoms with van der Waals surface area (Å²) in [6.45, 7) is 7.11. The highest BCUT2D eigenvalue weighted by atomic mass is 15.2. The summed E-state index contributed by atoms with van der Waals surface area (Å²) in [5.74, 6) is 0. The van der Waals surface area contributed by atoms with E-state index in [2.05, 4.69) is 10.2 Å². The van der Waals surface area contributed by atoms with E-state index < -0.39 is 0 Å². The molecule has 1 aliphatic rings. The number of nitrogens with one attached hydrogen (secondary N) is 1. The maximum atomic E-state index is 5.97. The van der Waals surface area contributed by atoms with Gasteiger partial charge in [0.1, 0.15) is 0 Å². The van der Waals surface area contributed by atoms with E-state index >= 15 is 0 Å². The van der Waals surface area contributed by atoms with Gasteiger partial charge >= 0.3 is 0 Å². The predicted octanol–water partition coefficient (Wildman–Crippen LogP) is -0.362. The Labute approximate surface area is 92.0 Å². The van der Waals surface area contributed by atoms with Crippen molar-refractivity contribution in [2.24, 2.45) is 11.5 Å². The molecular formula is C11H22N4. The SMILES string of the molecule is C/C(N)=C/C=CC(N)CN1CCNCC1. The summed E-state index contributed by atoms with van der Waals surface area (Å²) in [5, 5.41) is 3.32. The highest BCUT2D eigenvalue weighted by molar-refractivity contribution is 5.10. The number of nitrogens with zero attached hydrogens (tertiary/aromatic N) is 1. The summed E-state index contributed by atoms with van der Waals surface area (Å²) in [6, 6.07) is 0.0960. The van der Waals surface area contributed by atoms with Gasteiger partial charge in [-0.05, 0) is 13.0 Å². The fourth-order valence-electron chi connectivity index (χ4n) is 1.60. The topological polar surface area (TPSA) is 67.3 Å². The van der Waals surface area contributed by atoms with Crippen LogP contribution in [0.4, 0.5) is 0 Å². The van der Waals surface area contributed by atoms with Crippen LogP contribution in [0.25, 0.3) is 0 Å². The molecule has 15 heavy (non-hydrogen) atoms. The van der Waals surface area contributed by atoms with Crippen molar-refractivity contribution < 1.29 is 0 Å². The van der Waals surface area contributed by atoms with Gasteiger partial charge in [-0.25, -0.2) is 0 Å². The number of hydrogen-bond acceptors (Lipinski definition) is 4. The predicted molar refractivity (Wildman–Crippen MR) is 64.4 cm³/mol. The largest absolute Gasteiger partial charge is 0.402 e. The van der Waals surface area contributed by atoms with Crippen LogP contribution >= 0.6 is 0 Å². The Morgan fingerprint density at radius 1 is 1.47 bits per heavy atom. The molecule has 0 spiro atoms. The standard InChI is InChI=1S/C11H22N4/c1-10(12)3-2-4-11(13)9-15-7-5-14-6-8-15/h2-4,11,14H,5-9,12-13H2,1H3/b4-2?,10-3-. The van der Waals surface area contributed by atoms with E-state index in [0.717, 1.165) is 38.4 Å². The summed E-state index contributed by atoms with van der Waals surface area (Å²) in [5.41, 5.74) is 12.3. The lowest BCUT2D eigenvalue weighted by molar-refractivity contribution is 0.236. The van der Waals surface area contributed by atoms with Gasteiger partial charge in [0.2, 0.25) is 0 Å². The number of piperazine rings is 1. The molecule has 1 unspecified atom stereocenters. The van der Waals surface area contributed by atoms with Crippen LogP contribution in [0.1, 0.15) is 6.92 Å². The van der Waals surface area contributed by atoms with E-state index in [9.17, 15) is 0 Å². The second-order valence-electron chi connectivity index (χ2n) is 4.01. The molecule has 0 saturated carbocycles. The molecular weight excluding hydrogens is 188 g/mol. The van der Waals surface area contributed by atoms with Crippen molar-refractivity contribution in [2.75, 3.05) is 32.7 Å². The van der Waals surface area contributed by atoms with E-state index in [0.29, 0.717) is 0 Å². The fraction of sp³-hybridized carbons (Fsp3) is 0.636. The van der Waals surface area contributed by atoms with Crippen LogP contribution < -0.4 is 16.8 Å². The number of nitrogens with two attached hydrogens (primary N) is 2. The van der Waals surface area contributed by atoms with Crippen LogP contribution in [-0.2, 0) is 0 Å². The van der Waals surface area contributed by atoms with Gasteiger partial charge in [0.05, 0.1) is 0 Å². The zero-order chi connectivity index (χ0) is 11.1. The van der Waals surface area contributed by atoms with E-state index in [-0.39, 0.29) is 6.04 Å². The van der Waals surface area contributed by atoms with Crippen LogP contribution in [0.2, 0.25) is 0 Å². The van der Waals surface area contributed by atoms with Gasteiger partial charge in [-0.3, -0.25) is 4.90 Å². The molecule has 0 aliphatic carbocycles. The molecule has 1 heterocycles. The minimum atomic E-state index is 0.0960. The van der Waals surface area contributed by atoms with E-state index in [1.165, 1.54) is 0 Å². The lowest BCUT2D eigenvalue weighted by Crippen LogP contribution is -2.47. The van der Waals surface area contributed by atoms with Crippen LogP contribution in [0.3, 0.4) is 0 Å². The van der Waals surface area contributed by atoms with Crippen LogP contribution in [0, 0.1) is 0 Å². The zero-order valence-electron chi connectivity index (χ0n) is 9.45. The molecule has 1 fully saturated rings. The lowest BCUT2D eigenvalue weighted by atomic mass is 10.2. The van der Waals surface area contributed by atoms with Gasteiger partial charge < -0.3 is 16.8 Å². The normalized spacial score (nSPS) is 22.1. The van der Waals surface area contributed by atoms with Gasteiger partial charge in [-0.15, -0.1) is 0 Å². The maximum absolute atomic E-state index is 5.97. The molecule has 0 aromatic rings. The smallest absolute Gasteiger partial charge is 0.0356 e. The molecule has 5 N–H and O–H groups in total. The minimum absolute atomic E-state index is 0.0960. The Kier molecular flexibility index (Phi) is 5.39. The minimum Gasteiger partial charge on any atom is -0.402 e. The molecule has 0 aromatic carbocycles. The van der Waals surface area contributed by atoms with Gasteiger partial charge in [0.15, 0.2) is 0 Å². The van der Waals surface area contributed by atoms with Crippen molar-refractivity contribution in [3.05, 3.63) is 23.9 Å². The lowest BCUT2D eigenvalue weighted by Gasteiger charge is -2.28. The number of rotatable bonds is 4. The van der Waals surface area contributed by atoms with Crippen molar-refractivity contribution in [2.45, 2.75) is 13.0 Å². The van der Waals surface area contributed by atoms with Gasteiger partial charge in [-0.1, -0.05) is 12.2 Å². The average Bonchev–Trinajstić information content (AvgIpc) is 2.18. The van der Waals surface area contributed by atoms with Crippen molar-refractivity contribution >= 4 is 0 Å². The van der Waals surface area contributed by atoms with E-state index in [1.807, 2.05) is 25.2 Å². The Morgan fingerprint density at radius 3 is 2.73 bits per heavy atom. The Morgan fingerprint density at radius 2 is 2.13 bits per heavy atom. The van der Waals surface area contributed by atoms with Crippen molar-refractivity contribution in [3.63, 3.8) is 0 Å². The van der Waals surface area contributed by atoms with Gasteiger partial charge in [0.25, 0.3) is 0 Å². The Hall–Kier alpha value is -0.840. The van der Waals surface area contributed by atoms with Gasteiger partial charge in [-0.2, -0.15) is 0 Å². The number of allylic oxidation sites excluding steroid dienone is 3. The molecule has 0 amide bonds. The van der Waals surface area contributed by atoms with E-state index in [1.54, 1.807) is 0 Å².